The SMILES string of the molecule is Cc1oc2cc3oc(=O)c(CCC(=O)N4CCC(C(=O)O)(c5ccccc5)CC4)c(C)c3cc2c1C. The first-order valence-electron chi connectivity index (χ1n) is 12.2. The Labute approximate surface area is 208 Å². The van der Waals surface area contributed by atoms with E-state index in [1.165, 1.54) is 0 Å². The third-order valence-electron chi connectivity index (χ3n) is 7.88. The van der Waals surface area contributed by atoms with E-state index < -0.39 is 17.0 Å². The predicted molar refractivity (Wildman–Crippen MR) is 136 cm³/mol. The van der Waals surface area contributed by atoms with Crippen molar-refractivity contribution in [3.8, 4) is 0 Å². The van der Waals surface area contributed by atoms with Crippen LogP contribution in [0.4, 0.5) is 0 Å². The van der Waals surface area contributed by atoms with Crippen molar-refractivity contribution in [2.24, 2.45) is 0 Å². The number of benzene rings is 2. The zero-order valence-corrected chi connectivity index (χ0v) is 20.7. The van der Waals surface area contributed by atoms with Crippen molar-refractivity contribution in [3.05, 3.63) is 80.9 Å². The van der Waals surface area contributed by atoms with Gasteiger partial charge in [-0.1, -0.05) is 30.3 Å². The number of hydrogen-bond donors (Lipinski definition) is 1. The van der Waals surface area contributed by atoms with Crippen LogP contribution in [0.5, 0.6) is 0 Å². The molecule has 0 unspecified atom stereocenters. The van der Waals surface area contributed by atoms with Gasteiger partial charge < -0.3 is 18.8 Å². The lowest BCUT2D eigenvalue weighted by Gasteiger charge is -2.39. The van der Waals surface area contributed by atoms with Crippen molar-refractivity contribution in [2.75, 3.05) is 13.1 Å². The molecule has 186 valence electrons. The third kappa shape index (κ3) is 3.88. The van der Waals surface area contributed by atoms with E-state index in [1.807, 2.05) is 57.2 Å². The maximum Gasteiger partial charge on any atom is 0.339 e. The van der Waals surface area contributed by atoms with Crippen LogP contribution in [0.3, 0.4) is 0 Å². The van der Waals surface area contributed by atoms with Crippen molar-refractivity contribution >= 4 is 33.8 Å². The Hall–Kier alpha value is -3.87. The number of fused-ring (bicyclic) bond motifs is 2. The molecule has 4 aromatic rings. The van der Waals surface area contributed by atoms with Crippen LogP contribution in [0, 0.1) is 20.8 Å². The molecule has 7 heteroatoms. The second kappa shape index (κ2) is 8.97. The summed E-state index contributed by atoms with van der Waals surface area (Å²) < 4.78 is 11.4. The molecule has 0 spiro atoms. The van der Waals surface area contributed by atoms with Gasteiger partial charge >= 0.3 is 11.6 Å². The molecule has 0 radical (unpaired) electrons. The number of likely N-dealkylation sites (tertiary alicyclic amines) is 1. The number of aryl methyl sites for hydroxylation is 3. The summed E-state index contributed by atoms with van der Waals surface area (Å²) in [4.78, 5) is 39.7. The van der Waals surface area contributed by atoms with Crippen LogP contribution < -0.4 is 5.63 Å². The van der Waals surface area contributed by atoms with E-state index in [4.69, 9.17) is 8.83 Å². The summed E-state index contributed by atoms with van der Waals surface area (Å²) in [6.45, 7) is 6.51. The molecule has 1 amide bonds. The first-order chi connectivity index (χ1) is 17.2. The highest BCUT2D eigenvalue weighted by Gasteiger charge is 2.43. The Morgan fingerprint density at radius 1 is 0.944 bits per heavy atom. The van der Waals surface area contributed by atoms with E-state index in [0.29, 0.717) is 42.7 Å². The number of aliphatic carboxylic acids is 1. The van der Waals surface area contributed by atoms with Gasteiger partial charge in [0.05, 0.1) is 5.41 Å². The lowest BCUT2D eigenvalue weighted by molar-refractivity contribution is -0.148. The molecule has 2 aromatic carbocycles. The molecule has 36 heavy (non-hydrogen) atoms. The standard InChI is InChI=1S/C29H29NO6/c1-17-19(3)35-24-16-25-23(15-22(17)24)18(2)21(27(32)36-25)9-10-26(31)30-13-11-29(12-14-30,28(33)34)20-7-5-4-6-8-20/h4-8,15-16H,9-14H2,1-3H3,(H,33,34). The van der Waals surface area contributed by atoms with Crippen LogP contribution in [0.2, 0.25) is 0 Å². The van der Waals surface area contributed by atoms with Crippen LogP contribution >= 0.6 is 0 Å². The van der Waals surface area contributed by atoms with Gasteiger partial charge in [0.15, 0.2) is 0 Å². The average Bonchev–Trinajstić information content (AvgIpc) is 3.15. The quantitative estimate of drug-likeness (QED) is 0.396. The van der Waals surface area contributed by atoms with Gasteiger partial charge in [-0.2, -0.15) is 0 Å². The minimum Gasteiger partial charge on any atom is -0.481 e. The highest BCUT2D eigenvalue weighted by atomic mass is 16.4. The Kier molecular flexibility index (Phi) is 5.94. The van der Waals surface area contributed by atoms with Gasteiger partial charge in [-0.15, -0.1) is 0 Å². The minimum absolute atomic E-state index is 0.0855. The molecule has 1 saturated heterocycles. The highest BCUT2D eigenvalue weighted by Crippen LogP contribution is 2.36. The van der Waals surface area contributed by atoms with Gasteiger partial charge in [-0.3, -0.25) is 9.59 Å². The lowest BCUT2D eigenvalue weighted by Crippen LogP contribution is -2.49. The molecule has 7 nitrogen and oxygen atoms in total. The Morgan fingerprint density at radius 2 is 1.58 bits per heavy atom. The monoisotopic (exact) mass is 487 g/mol. The van der Waals surface area contributed by atoms with Gasteiger partial charge in [-0.05, 0) is 62.8 Å². The largest absolute Gasteiger partial charge is 0.481 e. The van der Waals surface area contributed by atoms with Gasteiger partial charge in [0, 0.05) is 41.9 Å². The fraction of sp³-hybridized carbons (Fsp3) is 0.345. The molecule has 0 atom stereocenters. The normalized spacial score (nSPS) is 15.5. The Morgan fingerprint density at radius 3 is 2.25 bits per heavy atom. The van der Waals surface area contributed by atoms with Gasteiger partial charge in [0.2, 0.25) is 5.91 Å². The zero-order valence-electron chi connectivity index (χ0n) is 20.7. The number of amides is 1. The van der Waals surface area contributed by atoms with Gasteiger partial charge in [0.1, 0.15) is 16.9 Å². The van der Waals surface area contributed by atoms with Crippen molar-refractivity contribution < 1.29 is 23.5 Å². The van der Waals surface area contributed by atoms with Crippen molar-refractivity contribution in [2.45, 2.75) is 51.9 Å². The summed E-state index contributed by atoms with van der Waals surface area (Å²) in [5.41, 5.74) is 2.84. The summed E-state index contributed by atoms with van der Waals surface area (Å²) in [6.07, 6.45) is 1.14. The zero-order chi connectivity index (χ0) is 25.6. The van der Waals surface area contributed by atoms with Crippen molar-refractivity contribution in [1.82, 2.24) is 4.90 Å². The maximum absolute atomic E-state index is 13.0. The summed E-state index contributed by atoms with van der Waals surface area (Å²) in [7, 11) is 0. The second-order valence-electron chi connectivity index (χ2n) is 9.75. The molecule has 1 N–H and O–H groups in total. The van der Waals surface area contributed by atoms with Crippen molar-refractivity contribution in [1.29, 1.82) is 0 Å². The molecule has 1 aliphatic rings. The molecule has 0 aliphatic carbocycles. The lowest BCUT2D eigenvalue weighted by atomic mass is 9.73. The molecular formula is C29H29NO6. The average molecular weight is 488 g/mol. The summed E-state index contributed by atoms with van der Waals surface area (Å²) >= 11 is 0. The summed E-state index contributed by atoms with van der Waals surface area (Å²) in [5, 5.41) is 11.8. The summed E-state index contributed by atoms with van der Waals surface area (Å²) in [5.74, 6) is -0.119. The molecule has 0 saturated carbocycles. The Bertz CT molecular complexity index is 1540. The smallest absolute Gasteiger partial charge is 0.339 e. The van der Waals surface area contributed by atoms with Gasteiger partial charge in [0.25, 0.3) is 0 Å². The topological polar surface area (TPSA) is 101 Å². The first-order valence-corrected chi connectivity index (χ1v) is 12.2. The predicted octanol–water partition coefficient (Wildman–Crippen LogP) is 5.04. The van der Waals surface area contributed by atoms with Crippen LogP contribution in [-0.2, 0) is 21.4 Å². The number of rotatable bonds is 5. The first kappa shape index (κ1) is 23.9. The van der Waals surface area contributed by atoms with Crippen molar-refractivity contribution in [3.63, 3.8) is 0 Å². The fourth-order valence-corrected chi connectivity index (χ4v) is 5.43. The number of nitrogens with zero attached hydrogens (tertiary/aromatic N) is 1. The number of carboxylic acid groups (broad SMARTS) is 1. The number of carboxylic acids is 1. The number of piperidine rings is 1. The van der Waals surface area contributed by atoms with E-state index in [2.05, 4.69) is 0 Å². The van der Waals surface area contributed by atoms with E-state index >= 15 is 0 Å². The number of carbonyl (C=O) groups is 2. The molecule has 3 heterocycles. The van der Waals surface area contributed by atoms with Gasteiger partial charge in [-0.25, -0.2) is 4.79 Å². The van der Waals surface area contributed by atoms with E-state index in [9.17, 15) is 19.5 Å². The van der Waals surface area contributed by atoms with E-state index in [0.717, 1.165) is 33.2 Å². The van der Waals surface area contributed by atoms with Crippen LogP contribution in [0.1, 0.15) is 47.3 Å². The van der Waals surface area contributed by atoms with Crippen LogP contribution in [0.25, 0.3) is 21.9 Å². The molecule has 0 bridgehead atoms. The third-order valence-corrected chi connectivity index (χ3v) is 7.88. The Balaban J connectivity index is 1.33. The molecule has 1 fully saturated rings. The fourth-order valence-electron chi connectivity index (χ4n) is 5.43. The molecule has 5 rings (SSSR count). The van der Waals surface area contributed by atoms with E-state index in [1.54, 1.807) is 11.0 Å². The van der Waals surface area contributed by atoms with Crippen LogP contribution in [0.15, 0.2) is 56.1 Å². The number of carbonyl (C=O) groups excluding carboxylic acids is 1. The minimum atomic E-state index is -0.983. The second-order valence-corrected chi connectivity index (χ2v) is 9.75. The molecule has 2 aromatic heterocycles. The number of furan rings is 1. The molecule has 1 aliphatic heterocycles. The summed E-state index contributed by atoms with van der Waals surface area (Å²) in [6, 6.07) is 13.0. The highest BCUT2D eigenvalue weighted by molar-refractivity contribution is 5.96. The molecular weight excluding hydrogens is 458 g/mol. The van der Waals surface area contributed by atoms with Crippen LogP contribution in [-0.4, -0.2) is 35.0 Å². The number of hydrogen-bond acceptors (Lipinski definition) is 5. The maximum atomic E-state index is 13.0. The van der Waals surface area contributed by atoms with E-state index in [-0.39, 0.29) is 18.7 Å².